The summed E-state index contributed by atoms with van der Waals surface area (Å²) in [6, 6.07) is 10.8. The van der Waals surface area contributed by atoms with Crippen LogP contribution in [0.1, 0.15) is 50.6 Å². The largest absolute Gasteiger partial charge is 0.455 e. The maximum Gasteiger partial charge on any atom is 0.291 e. The number of nitrogens with zero attached hydrogens (tertiary/aromatic N) is 1. The number of aryl methyl sites for hydroxylation is 1. The van der Waals surface area contributed by atoms with Gasteiger partial charge in [-0.25, -0.2) is 9.82 Å². The first-order chi connectivity index (χ1) is 16.0. The summed E-state index contributed by atoms with van der Waals surface area (Å²) in [6.45, 7) is 1.92. The number of nitrogens with one attached hydrogen (secondary N) is 2. The number of fused-ring (bicyclic) bond motifs is 2. The van der Waals surface area contributed by atoms with Crippen LogP contribution in [-0.2, 0) is 6.42 Å². The van der Waals surface area contributed by atoms with Gasteiger partial charge in [0, 0.05) is 29.3 Å². The number of benzene rings is 2. The van der Waals surface area contributed by atoms with Gasteiger partial charge >= 0.3 is 0 Å². The first-order valence-electron chi connectivity index (χ1n) is 10.5. The predicted molar refractivity (Wildman–Crippen MR) is 117 cm³/mol. The van der Waals surface area contributed by atoms with E-state index in [-0.39, 0.29) is 18.1 Å². The first kappa shape index (κ1) is 20.7. The van der Waals surface area contributed by atoms with Crippen molar-refractivity contribution >= 4 is 23.2 Å². The Bertz CT molecular complexity index is 1300. The number of carbonyl (C=O) groups is 2. The van der Waals surface area contributed by atoms with E-state index >= 15 is 0 Å². The standard InChI is InChI=1S/C24H20FN3O5/c1-13-21-17(27-28-23(29)15-5-2-3-6-16(15)25)7-4-8-19(21)33-22(13)24(30)26-14-9-10-18-20(11-14)32-12-31-18/h2-3,5-6,9-11H,4,7-8,12H2,1H3,(H,26,30)(H,28,29)/b27-17+. The molecule has 3 aromatic rings. The normalized spacial score (nSPS) is 15.3. The summed E-state index contributed by atoms with van der Waals surface area (Å²) in [5.41, 5.74) is 4.79. The Balaban J connectivity index is 1.37. The quantitative estimate of drug-likeness (QED) is 0.582. The second kappa shape index (κ2) is 8.42. The first-order valence-corrected chi connectivity index (χ1v) is 10.5. The van der Waals surface area contributed by atoms with Gasteiger partial charge in [0.15, 0.2) is 17.3 Å². The molecule has 2 amide bonds. The lowest BCUT2D eigenvalue weighted by atomic mass is 9.93. The molecule has 0 unspecified atom stereocenters. The van der Waals surface area contributed by atoms with Gasteiger partial charge in [0.2, 0.25) is 6.79 Å². The Hall–Kier alpha value is -4.14. The molecule has 0 saturated heterocycles. The fourth-order valence-corrected chi connectivity index (χ4v) is 3.98. The number of carbonyl (C=O) groups excluding carboxylic acids is 2. The average Bonchev–Trinajstić information content (AvgIpc) is 3.42. The summed E-state index contributed by atoms with van der Waals surface area (Å²) in [4.78, 5) is 25.3. The van der Waals surface area contributed by atoms with Crippen LogP contribution in [0.5, 0.6) is 11.5 Å². The number of anilines is 1. The summed E-state index contributed by atoms with van der Waals surface area (Å²) in [6.07, 6.45) is 1.99. The highest BCUT2D eigenvalue weighted by Gasteiger charge is 2.28. The summed E-state index contributed by atoms with van der Waals surface area (Å²) in [5.74, 6) is 0.312. The maximum atomic E-state index is 13.9. The Labute approximate surface area is 188 Å². The SMILES string of the molecule is Cc1c(C(=O)Nc2ccc3c(c2)OCO3)oc2c1/C(=N/NC(=O)c1ccccc1F)CCC2. The molecule has 0 radical (unpaired) electrons. The van der Waals surface area contributed by atoms with Gasteiger partial charge < -0.3 is 19.2 Å². The number of furan rings is 1. The Kier molecular flexibility index (Phi) is 5.29. The van der Waals surface area contributed by atoms with E-state index in [0.29, 0.717) is 52.6 Å². The summed E-state index contributed by atoms with van der Waals surface area (Å²) < 4.78 is 30.4. The second-order valence-electron chi connectivity index (χ2n) is 7.71. The topological polar surface area (TPSA) is 102 Å². The van der Waals surface area contributed by atoms with Crippen LogP contribution >= 0.6 is 0 Å². The van der Waals surface area contributed by atoms with Crippen LogP contribution in [0, 0.1) is 12.7 Å². The molecular weight excluding hydrogens is 429 g/mol. The van der Waals surface area contributed by atoms with Gasteiger partial charge in [-0.1, -0.05) is 12.1 Å². The van der Waals surface area contributed by atoms with Crippen LogP contribution in [0.15, 0.2) is 52.0 Å². The van der Waals surface area contributed by atoms with E-state index in [1.165, 1.54) is 18.2 Å². The van der Waals surface area contributed by atoms with Gasteiger partial charge in [-0.05, 0) is 44.0 Å². The molecule has 0 fully saturated rings. The van der Waals surface area contributed by atoms with Gasteiger partial charge in [-0.2, -0.15) is 5.10 Å². The summed E-state index contributed by atoms with van der Waals surface area (Å²) >= 11 is 0. The lowest BCUT2D eigenvalue weighted by Crippen LogP contribution is -2.23. The molecule has 2 heterocycles. The number of hydrogen-bond acceptors (Lipinski definition) is 6. The highest BCUT2D eigenvalue weighted by atomic mass is 19.1. The molecule has 5 rings (SSSR count). The van der Waals surface area contributed by atoms with Crippen molar-refractivity contribution < 1.29 is 27.9 Å². The Morgan fingerprint density at radius 1 is 1.03 bits per heavy atom. The van der Waals surface area contributed by atoms with E-state index < -0.39 is 17.6 Å². The molecule has 2 aliphatic rings. The van der Waals surface area contributed by atoms with E-state index in [9.17, 15) is 14.0 Å². The third kappa shape index (κ3) is 3.93. The van der Waals surface area contributed by atoms with E-state index in [1.54, 1.807) is 31.2 Å². The monoisotopic (exact) mass is 449 g/mol. The molecular formula is C24H20FN3O5. The van der Waals surface area contributed by atoms with Crippen molar-refractivity contribution in [2.24, 2.45) is 5.10 Å². The van der Waals surface area contributed by atoms with Gasteiger partial charge in [-0.15, -0.1) is 0 Å². The molecule has 33 heavy (non-hydrogen) atoms. The minimum absolute atomic E-state index is 0.0920. The van der Waals surface area contributed by atoms with E-state index in [0.717, 1.165) is 6.42 Å². The van der Waals surface area contributed by atoms with Crippen molar-refractivity contribution in [2.45, 2.75) is 26.2 Å². The maximum absolute atomic E-state index is 13.9. The van der Waals surface area contributed by atoms with Crippen LogP contribution < -0.4 is 20.2 Å². The zero-order chi connectivity index (χ0) is 22.9. The molecule has 168 valence electrons. The fraction of sp³-hybridized carbons (Fsp3) is 0.208. The summed E-state index contributed by atoms with van der Waals surface area (Å²) in [7, 11) is 0. The molecule has 0 bridgehead atoms. The van der Waals surface area contributed by atoms with Crippen LogP contribution in [0.3, 0.4) is 0 Å². The highest BCUT2D eigenvalue weighted by molar-refractivity contribution is 6.09. The van der Waals surface area contributed by atoms with Crippen molar-refractivity contribution in [2.75, 3.05) is 12.1 Å². The third-order valence-electron chi connectivity index (χ3n) is 5.57. The highest BCUT2D eigenvalue weighted by Crippen LogP contribution is 2.35. The molecule has 0 spiro atoms. The van der Waals surface area contributed by atoms with Gasteiger partial charge in [-0.3, -0.25) is 9.59 Å². The van der Waals surface area contributed by atoms with Crippen molar-refractivity contribution in [1.82, 2.24) is 5.43 Å². The predicted octanol–water partition coefficient (Wildman–Crippen LogP) is 4.18. The average molecular weight is 449 g/mol. The number of ether oxygens (including phenoxy) is 2. The van der Waals surface area contributed by atoms with Crippen LogP contribution in [0.4, 0.5) is 10.1 Å². The van der Waals surface area contributed by atoms with E-state index in [4.69, 9.17) is 13.9 Å². The van der Waals surface area contributed by atoms with E-state index in [2.05, 4.69) is 15.8 Å². The van der Waals surface area contributed by atoms with Gasteiger partial charge in [0.25, 0.3) is 11.8 Å². The van der Waals surface area contributed by atoms with Crippen molar-refractivity contribution in [1.29, 1.82) is 0 Å². The number of hydrogen-bond donors (Lipinski definition) is 2. The zero-order valence-electron chi connectivity index (χ0n) is 17.7. The molecule has 1 aliphatic carbocycles. The van der Waals surface area contributed by atoms with Crippen LogP contribution in [0.25, 0.3) is 0 Å². The molecule has 1 aromatic heterocycles. The molecule has 0 atom stereocenters. The van der Waals surface area contributed by atoms with Crippen molar-refractivity contribution in [3.63, 3.8) is 0 Å². The molecule has 8 nitrogen and oxygen atoms in total. The van der Waals surface area contributed by atoms with Crippen LogP contribution in [0.2, 0.25) is 0 Å². The molecule has 9 heteroatoms. The smallest absolute Gasteiger partial charge is 0.291 e. The molecule has 2 aromatic carbocycles. The third-order valence-corrected chi connectivity index (χ3v) is 5.57. The Morgan fingerprint density at radius 3 is 2.70 bits per heavy atom. The van der Waals surface area contributed by atoms with Crippen molar-refractivity contribution in [3.8, 4) is 11.5 Å². The number of amides is 2. The zero-order valence-corrected chi connectivity index (χ0v) is 17.7. The van der Waals surface area contributed by atoms with Gasteiger partial charge in [0.05, 0.1) is 11.3 Å². The lowest BCUT2D eigenvalue weighted by molar-refractivity contribution is 0.0949. The fourth-order valence-electron chi connectivity index (χ4n) is 3.98. The minimum Gasteiger partial charge on any atom is -0.455 e. The lowest BCUT2D eigenvalue weighted by Gasteiger charge is -2.13. The van der Waals surface area contributed by atoms with Crippen LogP contribution in [-0.4, -0.2) is 24.3 Å². The molecule has 1 aliphatic heterocycles. The minimum atomic E-state index is -0.644. The summed E-state index contributed by atoms with van der Waals surface area (Å²) in [5, 5.41) is 7.04. The van der Waals surface area contributed by atoms with Gasteiger partial charge in [0.1, 0.15) is 11.6 Å². The molecule has 2 N–H and O–H groups in total. The number of halogens is 1. The number of hydrazone groups is 1. The second-order valence-corrected chi connectivity index (χ2v) is 7.71. The number of rotatable bonds is 4. The Morgan fingerprint density at radius 2 is 1.85 bits per heavy atom. The van der Waals surface area contributed by atoms with Crippen molar-refractivity contribution in [3.05, 3.63) is 76.5 Å². The molecule has 0 saturated carbocycles. The van der Waals surface area contributed by atoms with E-state index in [1.807, 2.05) is 0 Å².